The van der Waals surface area contributed by atoms with Crippen LogP contribution in [-0.2, 0) is 0 Å². The first-order chi connectivity index (χ1) is 9.69. The number of rotatable bonds is 5. The number of carbonyl (C=O) groups is 1. The van der Waals surface area contributed by atoms with Crippen LogP contribution in [0.4, 0.5) is 10.7 Å². The number of thioether (sulfide) groups is 1. The topological polar surface area (TPSA) is 67.2 Å². The molecule has 1 heterocycles. The third kappa shape index (κ3) is 2.91. The van der Waals surface area contributed by atoms with Crippen molar-refractivity contribution in [3.63, 3.8) is 0 Å². The minimum Gasteiger partial charge on any atom is -0.396 e. The van der Waals surface area contributed by atoms with Crippen molar-refractivity contribution >= 4 is 39.7 Å². The van der Waals surface area contributed by atoms with Crippen LogP contribution < -0.4 is 16.4 Å². The van der Waals surface area contributed by atoms with Crippen molar-refractivity contribution in [2.45, 2.75) is 55.5 Å². The van der Waals surface area contributed by atoms with Crippen LogP contribution in [0.5, 0.6) is 0 Å². The SMILES string of the molecule is CSc1c(NC2CCCC2)sc(C(=O)NC2CC2)c1N. The number of carbonyl (C=O) groups excluding carboxylic acids is 1. The zero-order valence-corrected chi connectivity index (χ0v) is 13.3. The van der Waals surface area contributed by atoms with Crippen molar-refractivity contribution in [3.05, 3.63) is 4.88 Å². The van der Waals surface area contributed by atoms with Crippen LogP contribution in [-0.4, -0.2) is 24.2 Å². The quantitative estimate of drug-likeness (QED) is 0.730. The van der Waals surface area contributed by atoms with Crippen molar-refractivity contribution in [3.8, 4) is 0 Å². The Labute approximate surface area is 127 Å². The van der Waals surface area contributed by atoms with Gasteiger partial charge in [0, 0.05) is 12.1 Å². The van der Waals surface area contributed by atoms with E-state index in [0.29, 0.717) is 22.6 Å². The first-order valence-corrected chi connectivity index (χ1v) is 9.27. The molecule has 4 nitrogen and oxygen atoms in total. The Kier molecular flexibility index (Phi) is 4.12. The zero-order chi connectivity index (χ0) is 14.1. The summed E-state index contributed by atoms with van der Waals surface area (Å²) in [6.07, 6.45) is 9.23. The lowest BCUT2D eigenvalue weighted by molar-refractivity contribution is 0.0956. The minimum absolute atomic E-state index is 0.00947. The maximum atomic E-state index is 12.2. The summed E-state index contributed by atoms with van der Waals surface area (Å²) in [7, 11) is 0. The van der Waals surface area contributed by atoms with Crippen molar-refractivity contribution in [2.75, 3.05) is 17.3 Å². The fourth-order valence-corrected chi connectivity index (χ4v) is 4.63. The molecule has 0 aliphatic heterocycles. The lowest BCUT2D eigenvalue weighted by Gasteiger charge is -2.12. The third-order valence-corrected chi connectivity index (χ3v) is 6.01. The fourth-order valence-electron chi connectivity index (χ4n) is 2.63. The Hall–Kier alpha value is -0.880. The number of nitrogens with two attached hydrogens (primary N) is 1. The largest absolute Gasteiger partial charge is 0.396 e. The summed E-state index contributed by atoms with van der Waals surface area (Å²) in [5, 5.41) is 7.68. The van der Waals surface area contributed by atoms with E-state index in [1.165, 1.54) is 37.0 Å². The molecule has 0 radical (unpaired) electrons. The maximum absolute atomic E-state index is 12.2. The Bertz CT molecular complexity index is 505. The molecule has 3 rings (SSSR count). The molecule has 110 valence electrons. The van der Waals surface area contributed by atoms with Crippen molar-refractivity contribution in [2.24, 2.45) is 0 Å². The highest BCUT2D eigenvalue weighted by Gasteiger charge is 2.28. The predicted octanol–water partition coefficient (Wildman–Crippen LogP) is 3.30. The van der Waals surface area contributed by atoms with Crippen LogP contribution in [0.25, 0.3) is 0 Å². The summed E-state index contributed by atoms with van der Waals surface area (Å²) in [4.78, 5) is 13.9. The molecule has 0 unspecified atom stereocenters. The smallest absolute Gasteiger partial charge is 0.263 e. The zero-order valence-electron chi connectivity index (χ0n) is 11.7. The lowest BCUT2D eigenvalue weighted by Crippen LogP contribution is -2.25. The average molecular weight is 311 g/mol. The molecular formula is C14H21N3OS2. The fraction of sp³-hybridized carbons (Fsp3) is 0.643. The normalized spacial score (nSPS) is 19.2. The second kappa shape index (κ2) is 5.85. The summed E-state index contributed by atoms with van der Waals surface area (Å²) >= 11 is 3.13. The number of amides is 1. The highest BCUT2D eigenvalue weighted by atomic mass is 32.2. The maximum Gasteiger partial charge on any atom is 0.263 e. The van der Waals surface area contributed by atoms with Crippen molar-refractivity contribution in [1.82, 2.24) is 5.32 Å². The molecule has 0 atom stereocenters. The van der Waals surface area contributed by atoms with Gasteiger partial charge in [0.1, 0.15) is 9.88 Å². The molecule has 2 saturated carbocycles. The molecule has 20 heavy (non-hydrogen) atoms. The first-order valence-electron chi connectivity index (χ1n) is 7.22. The molecule has 1 aromatic heterocycles. The van der Waals surface area contributed by atoms with Gasteiger partial charge in [0.15, 0.2) is 0 Å². The Morgan fingerprint density at radius 2 is 1.95 bits per heavy atom. The summed E-state index contributed by atoms with van der Waals surface area (Å²) < 4.78 is 0. The predicted molar refractivity (Wildman–Crippen MR) is 86.9 cm³/mol. The average Bonchev–Trinajstić information content (AvgIpc) is 2.98. The molecule has 0 aromatic carbocycles. The third-order valence-electron chi connectivity index (χ3n) is 3.91. The molecule has 6 heteroatoms. The van der Waals surface area contributed by atoms with Gasteiger partial charge in [-0.1, -0.05) is 12.8 Å². The van der Waals surface area contributed by atoms with Crippen molar-refractivity contribution in [1.29, 1.82) is 0 Å². The van der Waals surface area contributed by atoms with Gasteiger partial charge >= 0.3 is 0 Å². The Balaban J connectivity index is 1.79. The summed E-state index contributed by atoms with van der Waals surface area (Å²) in [6.45, 7) is 0. The van der Waals surface area contributed by atoms with E-state index in [-0.39, 0.29) is 5.91 Å². The van der Waals surface area contributed by atoms with E-state index in [0.717, 1.165) is 22.7 Å². The van der Waals surface area contributed by atoms with Gasteiger partial charge in [0.05, 0.1) is 10.6 Å². The van der Waals surface area contributed by atoms with E-state index in [4.69, 9.17) is 5.73 Å². The van der Waals surface area contributed by atoms with E-state index in [9.17, 15) is 4.79 Å². The van der Waals surface area contributed by atoms with Crippen LogP contribution in [0.1, 0.15) is 48.2 Å². The second-order valence-electron chi connectivity index (χ2n) is 5.58. The molecular weight excluding hydrogens is 290 g/mol. The highest BCUT2D eigenvalue weighted by molar-refractivity contribution is 7.99. The van der Waals surface area contributed by atoms with E-state index in [1.54, 1.807) is 11.8 Å². The summed E-state index contributed by atoms with van der Waals surface area (Å²) in [5.74, 6) is -0.00947. The van der Waals surface area contributed by atoms with Gasteiger partial charge in [-0.3, -0.25) is 4.79 Å². The van der Waals surface area contributed by atoms with Gasteiger partial charge in [-0.2, -0.15) is 0 Å². The van der Waals surface area contributed by atoms with Crippen molar-refractivity contribution < 1.29 is 4.79 Å². The summed E-state index contributed by atoms with van der Waals surface area (Å²) in [5.41, 5.74) is 6.81. The van der Waals surface area contributed by atoms with Gasteiger partial charge < -0.3 is 16.4 Å². The number of hydrogen-bond donors (Lipinski definition) is 3. The van der Waals surface area contributed by atoms with Gasteiger partial charge in [-0.25, -0.2) is 0 Å². The van der Waals surface area contributed by atoms with E-state index < -0.39 is 0 Å². The van der Waals surface area contributed by atoms with Gasteiger partial charge in [0.25, 0.3) is 5.91 Å². The highest BCUT2D eigenvalue weighted by Crippen LogP contribution is 2.43. The number of nitrogen functional groups attached to an aromatic ring is 1. The Morgan fingerprint density at radius 1 is 1.25 bits per heavy atom. The first kappa shape index (κ1) is 14.1. The van der Waals surface area contributed by atoms with Crippen LogP contribution in [0.3, 0.4) is 0 Å². The van der Waals surface area contributed by atoms with Crippen LogP contribution >= 0.6 is 23.1 Å². The van der Waals surface area contributed by atoms with E-state index in [1.807, 2.05) is 6.26 Å². The van der Waals surface area contributed by atoms with E-state index >= 15 is 0 Å². The molecule has 0 bridgehead atoms. The molecule has 1 aromatic rings. The van der Waals surface area contributed by atoms with Gasteiger partial charge in [0.2, 0.25) is 0 Å². The molecule has 1 amide bonds. The molecule has 0 saturated heterocycles. The number of nitrogens with one attached hydrogen (secondary N) is 2. The molecule has 4 N–H and O–H groups in total. The standard InChI is InChI=1S/C14H21N3OS2/c1-19-12-10(15)11(13(18)16-9-6-7-9)20-14(12)17-8-4-2-3-5-8/h8-9,17H,2-7,15H2,1H3,(H,16,18). The second-order valence-corrected chi connectivity index (χ2v) is 7.42. The summed E-state index contributed by atoms with van der Waals surface area (Å²) in [6, 6.07) is 0.909. The molecule has 2 aliphatic rings. The van der Waals surface area contributed by atoms with Crippen LogP contribution in [0.15, 0.2) is 4.90 Å². The Morgan fingerprint density at radius 3 is 2.55 bits per heavy atom. The van der Waals surface area contributed by atoms with E-state index in [2.05, 4.69) is 10.6 Å². The monoisotopic (exact) mass is 311 g/mol. The van der Waals surface area contributed by atoms with Gasteiger partial charge in [-0.15, -0.1) is 23.1 Å². The molecule has 0 spiro atoms. The number of hydrogen-bond acceptors (Lipinski definition) is 5. The van der Waals surface area contributed by atoms with Gasteiger partial charge in [-0.05, 0) is 31.9 Å². The molecule has 2 aliphatic carbocycles. The minimum atomic E-state index is -0.00947. The lowest BCUT2D eigenvalue weighted by atomic mass is 10.2. The number of anilines is 2. The van der Waals surface area contributed by atoms with Crippen LogP contribution in [0, 0.1) is 0 Å². The molecule has 2 fully saturated rings. The van der Waals surface area contributed by atoms with Crippen LogP contribution in [0.2, 0.25) is 0 Å². The number of thiophene rings is 1.